The molecule has 0 aromatic carbocycles. The van der Waals surface area contributed by atoms with Crippen molar-refractivity contribution in [2.45, 2.75) is 78.4 Å². The molecule has 32 heavy (non-hydrogen) atoms. The first-order valence-corrected chi connectivity index (χ1v) is 12.1. The van der Waals surface area contributed by atoms with E-state index in [9.17, 15) is 4.79 Å². The quantitative estimate of drug-likeness (QED) is 0.163. The number of hydrogen-bond acceptors (Lipinski definition) is 5. The standard InChI is InChI=1S/C23H48N6O2.HI/c1-8-23(9-2,27-21(30)31-22(4,5)6)19-26-20(24-10-3)25-13-11-15-29-16-12-14-28(7)17-18-29;/h8-19H2,1-7H3,(H,27,30)(H2,24,25,26);1H. The number of carbonyl (C=O) groups is 1. The van der Waals surface area contributed by atoms with E-state index in [2.05, 4.69) is 53.6 Å². The number of aliphatic imine (C=N–C) groups is 1. The van der Waals surface area contributed by atoms with Gasteiger partial charge in [0.2, 0.25) is 0 Å². The number of nitrogens with zero attached hydrogens (tertiary/aromatic N) is 3. The van der Waals surface area contributed by atoms with Crippen molar-refractivity contribution < 1.29 is 9.53 Å². The van der Waals surface area contributed by atoms with Crippen molar-refractivity contribution in [3.63, 3.8) is 0 Å². The second-order valence-corrected chi connectivity index (χ2v) is 9.59. The van der Waals surface area contributed by atoms with E-state index < -0.39 is 11.1 Å². The Morgan fingerprint density at radius 2 is 1.72 bits per heavy atom. The van der Waals surface area contributed by atoms with Crippen LogP contribution in [0.5, 0.6) is 0 Å². The Balaban J connectivity index is 0.00000961. The summed E-state index contributed by atoms with van der Waals surface area (Å²) in [6.45, 7) is 19.8. The minimum Gasteiger partial charge on any atom is -0.444 e. The third-order valence-electron chi connectivity index (χ3n) is 5.76. The van der Waals surface area contributed by atoms with Crippen LogP contribution in [0.3, 0.4) is 0 Å². The predicted molar refractivity (Wildman–Crippen MR) is 145 cm³/mol. The van der Waals surface area contributed by atoms with Gasteiger partial charge in [0.25, 0.3) is 0 Å². The van der Waals surface area contributed by atoms with Crippen molar-refractivity contribution in [2.75, 3.05) is 59.4 Å². The minimum atomic E-state index is -0.514. The average Bonchev–Trinajstić information content (AvgIpc) is 2.91. The molecule has 0 unspecified atom stereocenters. The van der Waals surface area contributed by atoms with Gasteiger partial charge in [-0.05, 0) is 80.1 Å². The number of carbonyl (C=O) groups excluding carboxylic acids is 1. The Bertz CT molecular complexity index is 549. The molecule has 8 nitrogen and oxygen atoms in total. The maximum absolute atomic E-state index is 12.3. The fourth-order valence-corrected chi connectivity index (χ4v) is 3.62. The number of likely N-dealkylation sites (N-methyl/N-ethyl adjacent to an activating group) is 1. The molecule has 1 heterocycles. The summed E-state index contributed by atoms with van der Waals surface area (Å²) < 4.78 is 5.47. The van der Waals surface area contributed by atoms with Crippen LogP contribution >= 0.6 is 24.0 Å². The van der Waals surface area contributed by atoms with Crippen LogP contribution in [0.2, 0.25) is 0 Å². The van der Waals surface area contributed by atoms with E-state index in [-0.39, 0.29) is 30.1 Å². The van der Waals surface area contributed by atoms with E-state index in [0.29, 0.717) is 6.54 Å². The van der Waals surface area contributed by atoms with Gasteiger partial charge in [-0.3, -0.25) is 4.99 Å². The highest BCUT2D eigenvalue weighted by Crippen LogP contribution is 2.17. The molecule has 1 amide bonds. The van der Waals surface area contributed by atoms with Gasteiger partial charge in [0, 0.05) is 26.2 Å². The SMILES string of the molecule is CCNC(=NCC(CC)(CC)NC(=O)OC(C)(C)C)NCCCN1CCCN(C)CC1.I. The van der Waals surface area contributed by atoms with Crippen LogP contribution in [0.15, 0.2) is 4.99 Å². The molecule has 1 aliphatic heterocycles. The first-order valence-electron chi connectivity index (χ1n) is 12.1. The summed E-state index contributed by atoms with van der Waals surface area (Å²) in [6, 6.07) is 0. The second-order valence-electron chi connectivity index (χ2n) is 9.59. The van der Waals surface area contributed by atoms with Gasteiger partial charge in [-0.2, -0.15) is 0 Å². The molecule has 0 bridgehead atoms. The third-order valence-corrected chi connectivity index (χ3v) is 5.76. The summed E-state index contributed by atoms with van der Waals surface area (Å²) in [5, 5.41) is 9.85. The van der Waals surface area contributed by atoms with Gasteiger partial charge in [-0.25, -0.2) is 4.79 Å². The molecule has 3 N–H and O–H groups in total. The zero-order chi connectivity index (χ0) is 23.3. The van der Waals surface area contributed by atoms with Crippen molar-refractivity contribution in [1.29, 1.82) is 0 Å². The molecule has 1 aliphatic rings. The molecule has 0 spiro atoms. The molecule has 9 heteroatoms. The zero-order valence-corrected chi connectivity index (χ0v) is 23.9. The van der Waals surface area contributed by atoms with Crippen LogP contribution in [0.1, 0.15) is 67.2 Å². The Morgan fingerprint density at radius 3 is 2.31 bits per heavy atom. The molecular weight excluding hydrogens is 519 g/mol. The Kier molecular flexibility index (Phi) is 15.5. The summed E-state index contributed by atoms with van der Waals surface area (Å²) in [5.41, 5.74) is -0.928. The average molecular weight is 569 g/mol. The lowest BCUT2D eigenvalue weighted by molar-refractivity contribution is 0.0452. The molecule has 190 valence electrons. The molecule has 0 atom stereocenters. The van der Waals surface area contributed by atoms with Crippen LogP contribution in [-0.4, -0.2) is 92.4 Å². The molecule has 0 aromatic heterocycles. The van der Waals surface area contributed by atoms with E-state index >= 15 is 0 Å². The lowest BCUT2D eigenvalue weighted by Gasteiger charge is -2.32. The summed E-state index contributed by atoms with van der Waals surface area (Å²) in [6.07, 6.45) is 3.52. The van der Waals surface area contributed by atoms with Gasteiger partial charge < -0.3 is 30.5 Å². The van der Waals surface area contributed by atoms with E-state index in [1.54, 1.807) is 0 Å². The van der Waals surface area contributed by atoms with E-state index in [1.165, 1.54) is 19.5 Å². The third kappa shape index (κ3) is 13.0. The number of rotatable bonds is 10. The van der Waals surface area contributed by atoms with Gasteiger partial charge in [0.15, 0.2) is 5.96 Å². The minimum absolute atomic E-state index is 0. The van der Waals surface area contributed by atoms with Crippen molar-refractivity contribution >= 4 is 36.0 Å². The highest BCUT2D eigenvalue weighted by Gasteiger charge is 2.30. The normalized spacial score (nSPS) is 16.7. The molecule has 0 radical (unpaired) electrons. The Hall–Kier alpha value is -0.810. The summed E-state index contributed by atoms with van der Waals surface area (Å²) in [7, 11) is 2.20. The summed E-state index contributed by atoms with van der Waals surface area (Å²) >= 11 is 0. The molecule has 0 saturated carbocycles. The number of amides is 1. The van der Waals surface area contributed by atoms with Crippen LogP contribution in [0.4, 0.5) is 4.79 Å². The lowest BCUT2D eigenvalue weighted by atomic mass is 9.93. The van der Waals surface area contributed by atoms with Gasteiger partial charge in [0.05, 0.1) is 12.1 Å². The molecular formula is C23H49IN6O2. The van der Waals surface area contributed by atoms with Crippen LogP contribution in [-0.2, 0) is 4.74 Å². The fraction of sp³-hybridized carbons (Fsp3) is 0.913. The molecule has 1 rings (SSSR count). The highest BCUT2D eigenvalue weighted by molar-refractivity contribution is 14.0. The largest absolute Gasteiger partial charge is 0.444 e. The van der Waals surface area contributed by atoms with E-state index in [4.69, 9.17) is 9.73 Å². The van der Waals surface area contributed by atoms with Crippen molar-refractivity contribution in [1.82, 2.24) is 25.8 Å². The Labute approximate surface area is 213 Å². The predicted octanol–water partition coefficient (Wildman–Crippen LogP) is 3.27. The van der Waals surface area contributed by atoms with Crippen molar-refractivity contribution in [2.24, 2.45) is 4.99 Å². The van der Waals surface area contributed by atoms with Crippen molar-refractivity contribution in [3.05, 3.63) is 0 Å². The number of nitrogens with one attached hydrogen (secondary N) is 3. The topological polar surface area (TPSA) is 81.2 Å². The highest BCUT2D eigenvalue weighted by atomic mass is 127. The molecule has 1 fully saturated rings. The number of ether oxygens (including phenoxy) is 1. The lowest BCUT2D eigenvalue weighted by Crippen LogP contribution is -2.52. The summed E-state index contributed by atoms with van der Waals surface area (Å²) in [5.74, 6) is 0.801. The smallest absolute Gasteiger partial charge is 0.408 e. The number of halogens is 1. The first-order chi connectivity index (χ1) is 14.6. The second kappa shape index (κ2) is 15.9. The number of alkyl carbamates (subject to hydrolysis) is 1. The molecule has 1 saturated heterocycles. The van der Waals surface area contributed by atoms with Crippen LogP contribution in [0, 0.1) is 0 Å². The van der Waals surface area contributed by atoms with Crippen LogP contribution in [0.25, 0.3) is 0 Å². The first kappa shape index (κ1) is 31.2. The summed E-state index contributed by atoms with van der Waals surface area (Å²) in [4.78, 5) is 22.1. The van der Waals surface area contributed by atoms with Gasteiger partial charge in [0.1, 0.15) is 5.60 Å². The van der Waals surface area contributed by atoms with Gasteiger partial charge >= 0.3 is 6.09 Å². The number of hydrogen-bond donors (Lipinski definition) is 3. The maximum Gasteiger partial charge on any atom is 0.408 e. The van der Waals surface area contributed by atoms with E-state index in [1.807, 2.05) is 20.8 Å². The zero-order valence-electron chi connectivity index (χ0n) is 21.6. The van der Waals surface area contributed by atoms with Gasteiger partial charge in [-0.15, -0.1) is 24.0 Å². The maximum atomic E-state index is 12.3. The van der Waals surface area contributed by atoms with Crippen LogP contribution < -0.4 is 16.0 Å². The van der Waals surface area contributed by atoms with Gasteiger partial charge in [-0.1, -0.05) is 13.8 Å². The van der Waals surface area contributed by atoms with Crippen molar-refractivity contribution in [3.8, 4) is 0 Å². The molecule has 0 aliphatic carbocycles. The number of guanidine groups is 1. The Morgan fingerprint density at radius 1 is 1.03 bits per heavy atom. The van der Waals surface area contributed by atoms with E-state index in [0.717, 1.165) is 57.9 Å². The fourth-order valence-electron chi connectivity index (χ4n) is 3.62. The molecule has 0 aromatic rings. The monoisotopic (exact) mass is 568 g/mol.